The van der Waals surface area contributed by atoms with Gasteiger partial charge in [0.15, 0.2) is 0 Å². The highest BCUT2D eigenvalue weighted by Crippen LogP contribution is 2.24. The van der Waals surface area contributed by atoms with E-state index in [9.17, 15) is 0 Å². The van der Waals surface area contributed by atoms with Crippen molar-refractivity contribution in [2.75, 3.05) is 10.5 Å². The first-order valence-corrected chi connectivity index (χ1v) is 5.33. The van der Waals surface area contributed by atoms with E-state index in [2.05, 4.69) is 9.82 Å². The number of rotatable bonds is 3. The van der Waals surface area contributed by atoms with Gasteiger partial charge in [-0.1, -0.05) is 12.1 Å². The molecule has 0 unspecified atom stereocenters. The van der Waals surface area contributed by atoms with Crippen LogP contribution in [0.1, 0.15) is 0 Å². The van der Waals surface area contributed by atoms with Crippen LogP contribution >= 0.6 is 11.9 Å². The van der Waals surface area contributed by atoms with Gasteiger partial charge >= 0.3 is 0 Å². The molecule has 15 heavy (non-hydrogen) atoms. The lowest BCUT2D eigenvalue weighted by Gasteiger charge is -2.05. The Labute approximate surface area is 92.6 Å². The quantitative estimate of drug-likeness (QED) is 0.614. The molecule has 0 aliphatic heterocycles. The first-order valence-electron chi connectivity index (χ1n) is 4.52. The summed E-state index contributed by atoms with van der Waals surface area (Å²) >= 11 is 1.50. The SMILES string of the molecule is Cn1cc(SNc2ccccc2N)cn1. The van der Waals surface area contributed by atoms with Gasteiger partial charge in [0.2, 0.25) is 0 Å². The van der Waals surface area contributed by atoms with Crippen molar-refractivity contribution in [3.63, 3.8) is 0 Å². The van der Waals surface area contributed by atoms with Crippen LogP contribution in [0.3, 0.4) is 0 Å². The molecule has 78 valence electrons. The summed E-state index contributed by atoms with van der Waals surface area (Å²) in [7, 11) is 1.89. The molecule has 0 atom stereocenters. The Balaban J connectivity index is 2.02. The summed E-state index contributed by atoms with van der Waals surface area (Å²) < 4.78 is 4.94. The van der Waals surface area contributed by atoms with E-state index in [1.54, 1.807) is 10.9 Å². The zero-order chi connectivity index (χ0) is 10.7. The van der Waals surface area contributed by atoms with Crippen molar-refractivity contribution in [1.29, 1.82) is 0 Å². The van der Waals surface area contributed by atoms with Crippen molar-refractivity contribution >= 4 is 23.3 Å². The Morgan fingerprint density at radius 3 is 2.87 bits per heavy atom. The van der Waals surface area contributed by atoms with Gasteiger partial charge in [0, 0.05) is 13.2 Å². The van der Waals surface area contributed by atoms with E-state index in [1.165, 1.54) is 11.9 Å². The molecular formula is C10H12N4S. The van der Waals surface area contributed by atoms with Gasteiger partial charge in [0.25, 0.3) is 0 Å². The average Bonchev–Trinajstić information content (AvgIpc) is 2.63. The summed E-state index contributed by atoms with van der Waals surface area (Å²) in [5, 5.41) is 4.08. The van der Waals surface area contributed by atoms with Crippen molar-refractivity contribution in [2.24, 2.45) is 7.05 Å². The van der Waals surface area contributed by atoms with Gasteiger partial charge in [0.05, 0.1) is 22.5 Å². The maximum Gasteiger partial charge on any atom is 0.0675 e. The molecule has 1 heterocycles. The van der Waals surface area contributed by atoms with Gasteiger partial charge in [-0.15, -0.1) is 0 Å². The first kappa shape index (κ1) is 9.92. The molecule has 0 saturated carbocycles. The number of hydrogen-bond donors (Lipinski definition) is 2. The Morgan fingerprint density at radius 2 is 2.20 bits per heavy atom. The fourth-order valence-electron chi connectivity index (χ4n) is 1.16. The van der Waals surface area contributed by atoms with Crippen LogP contribution in [-0.2, 0) is 7.05 Å². The molecule has 0 amide bonds. The minimum Gasteiger partial charge on any atom is -0.397 e. The Kier molecular flexibility index (Phi) is 2.82. The van der Waals surface area contributed by atoms with E-state index >= 15 is 0 Å². The minimum atomic E-state index is 0.744. The van der Waals surface area contributed by atoms with Crippen LogP contribution in [0.4, 0.5) is 11.4 Å². The first-order chi connectivity index (χ1) is 7.25. The highest BCUT2D eigenvalue weighted by atomic mass is 32.2. The van der Waals surface area contributed by atoms with Crippen LogP contribution in [0, 0.1) is 0 Å². The Bertz CT molecular complexity index is 452. The van der Waals surface area contributed by atoms with Crippen molar-refractivity contribution in [2.45, 2.75) is 4.90 Å². The van der Waals surface area contributed by atoms with Crippen LogP contribution in [0.5, 0.6) is 0 Å². The normalized spacial score (nSPS) is 10.2. The van der Waals surface area contributed by atoms with Crippen LogP contribution < -0.4 is 10.5 Å². The molecule has 0 aliphatic rings. The number of nitrogen functional groups attached to an aromatic ring is 1. The topological polar surface area (TPSA) is 55.9 Å². The molecule has 0 aliphatic carbocycles. The predicted molar refractivity (Wildman–Crippen MR) is 63.5 cm³/mol. The summed E-state index contributed by atoms with van der Waals surface area (Å²) in [6.07, 6.45) is 3.74. The number of para-hydroxylation sites is 2. The summed E-state index contributed by atoms with van der Waals surface area (Å²) in [6, 6.07) is 7.67. The fraction of sp³-hybridized carbons (Fsp3) is 0.100. The van der Waals surface area contributed by atoms with E-state index in [-0.39, 0.29) is 0 Å². The standard InChI is InChI=1S/C10H12N4S/c1-14-7-8(6-12-14)15-13-10-5-3-2-4-9(10)11/h2-7,13H,11H2,1H3. The van der Waals surface area contributed by atoms with E-state index in [0.717, 1.165) is 16.3 Å². The zero-order valence-corrected chi connectivity index (χ0v) is 9.16. The van der Waals surface area contributed by atoms with E-state index in [0.29, 0.717) is 0 Å². The van der Waals surface area contributed by atoms with Crippen LogP contribution in [0.25, 0.3) is 0 Å². The van der Waals surface area contributed by atoms with Crippen molar-refractivity contribution in [3.8, 4) is 0 Å². The molecule has 1 aromatic carbocycles. The van der Waals surface area contributed by atoms with Crippen LogP contribution in [-0.4, -0.2) is 9.78 Å². The summed E-state index contributed by atoms with van der Waals surface area (Å²) in [6.45, 7) is 0. The number of hydrogen-bond acceptors (Lipinski definition) is 4. The van der Waals surface area contributed by atoms with Gasteiger partial charge in [-0.3, -0.25) is 4.68 Å². The molecule has 2 aromatic rings. The number of anilines is 2. The number of benzene rings is 1. The second-order valence-corrected chi connectivity index (χ2v) is 4.02. The predicted octanol–water partition coefficient (Wildman–Crippen LogP) is 2.12. The molecule has 3 N–H and O–H groups in total. The lowest BCUT2D eigenvalue weighted by molar-refractivity contribution is 0.766. The Hall–Kier alpha value is -1.62. The maximum atomic E-state index is 5.79. The van der Waals surface area contributed by atoms with E-state index < -0.39 is 0 Å². The van der Waals surface area contributed by atoms with Crippen molar-refractivity contribution in [3.05, 3.63) is 36.7 Å². The van der Waals surface area contributed by atoms with E-state index in [4.69, 9.17) is 5.73 Å². The number of nitrogens with zero attached hydrogens (tertiary/aromatic N) is 2. The molecule has 0 bridgehead atoms. The monoisotopic (exact) mass is 220 g/mol. The van der Waals surface area contributed by atoms with Gasteiger partial charge in [0.1, 0.15) is 0 Å². The lowest BCUT2D eigenvalue weighted by Crippen LogP contribution is -1.92. The highest BCUT2D eigenvalue weighted by molar-refractivity contribution is 8.00. The molecule has 0 spiro atoms. The molecule has 0 fully saturated rings. The third-order valence-corrected chi connectivity index (χ3v) is 2.69. The van der Waals surface area contributed by atoms with Gasteiger partial charge in [-0.25, -0.2) is 0 Å². The molecule has 5 heteroatoms. The molecular weight excluding hydrogens is 208 g/mol. The molecule has 0 saturated heterocycles. The average molecular weight is 220 g/mol. The third-order valence-electron chi connectivity index (χ3n) is 1.92. The molecule has 1 aromatic heterocycles. The number of aryl methyl sites for hydroxylation is 1. The smallest absolute Gasteiger partial charge is 0.0675 e. The van der Waals surface area contributed by atoms with Gasteiger partial charge in [-0.2, -0.15) is 5.10 Å². The molecule has 2 rings (SSSR count). The van der Waals surface area contributed by atoms with Crippen molar-refractivity contribution < 1.29 is 0 Å². The molecule has 0 radical (unpaired) electrons. The second-order valence-electron chi connectivity index (χ2n) is 3.14. The second kappa shape index (κ2) is 4.27. The largest absolute Gasteiger partial charge is 0.397 e. The number of nitrogens with two attached hydrogens (primary N) is 1. The fourth-order valence-corrected chi connectivity index (χ4v) is 1.87. The van der Waals surface area contributed by atoms with Gasteiger partial charge < -0.3 is 10.5 Å². The lowest BCUT2D eigenvalue weighted by atomic mass is 10.3. The zero-order valence-electron chi connectivity index (χ0n) is 8.34. The number of nitrogens with one attached hydrogen (secondary N) is 1. The Morgan fingerprint density at radius 1 is 1.40 bits per heavy atom. The minimum absolute atomic E-state index is 0.744. The van der Waals surface area contributed by atoms with E-state index in [1.807, 2.05) is 37.5 Å². The van der Waals surface area contributed by atoms with Crippen LogP contribution in [0.2, 0.25) is 0 Å². The highest BCUT2D eigenvalue weighted by Gasteiger charge is 1.99. The van der Waals surface area contributed by atoms with Crippen LogP contribution in [0.15, 0.2) is 41.6 Å². The van der Waals surface area contributed by atoms with Gasteiger partial charge in [-0.05, 0) is 24.1 Å². The summed E-state index contributed by atoms with van der Waals surface area (Å²) in [5.41, 5.74) is 7.46. The molecule has 4 nitrogen and oxygen atoms in total. The summed E-state index contributed by atoms with van der Waals surface area (Å²) in [5.74, 6) is 0. The van der Waals surface area contributed by atoms with Crippen molar-refractivity contribution in [1.82, 2.24) is 9.78 Å². The number of aromatic nitrogens is 2. The maximum absolute atomic E-state index is 5.79. The third kappa shape index (κ3) is 2.44. The summed E-state index contributed by atoms with van der Waals surface area (Å²) in [4.78, 5) is 1.06.